The molecule has 1 saturated heterocycles. The van der Waals surface area contributed by atoms with E-state index in [9.17, 15) is 0 Å². The van der Waals surface area contributed by atoms with Gasteiger partial charge in [-0.05, 0) is 0 Å². The van der Waals surface area contributed by atoms with E-state index in [0.717, 1.165) is 61.1 Å². The Morgan fingerprint density at radius 2 is 1.11 bits per heavy atom. The van der Waals surface area contributed by atoms with Crippen LogP contribution in [0, 0.1) is 16.2 Å². The van der Waals surface area contributed by atoms with E-state index in [4.69, 9.17) is 23.5 Å². The van der Waals surface area contributed by atoms with Gasteiger partial charge < -0.3 is 0 Å². The van der Waals surface area contributed by atoms with Gasteiger partial charge in [-0.25, -0.2) is 0 Å². The van der Waals surface area contributed by atoms with Gasteiger partial charge in [-0.1, -0.05) is 24.3 Å². The summed E-state index contributed by atoms with van der Waals surface area (Å²) < 4.78 is 19.7. The monoisotopic (exact) mass is 1000 g/mol. The zero-order chi connectivity index (χ0) is 41.6. The predicted molar refractivity (Wildman–Crippen MR) is 252 cm³/mol. The molecule has 0 aliphatic carbocycles. The van der Waals surface area contributed by atoms with E-state index in [1.165, 1.54) is 27.6 Å². The Morgan fingerprint density at radius 3 is 1.62 bits per heavy atom. The van der Waals surface area contributed by atoms with Crippen LogP contribution in [0.5, 0.6) is 0 Å². The van der Waals surface area contributed by atoms with Crippen molar-refractivity contribution in [1.82, 2.24) is 18.7 Å². The number of fused-ring (bicyclic) bond motifs is 2. The Hall–Kier alpha value is -6.19. The van der Waals surface area contributed by atoms with Crippen LogP contribution >= 0.6 is 19.0 Å². The van der Waals surface area contributed by atoms with Crippen LogP contribution in [0.15, 0.2) is 192 Å². The van der Waals surface area contributed by atoms with Gasteiger partial charge in [0.1, 0.15) is 0 Å². The molecule has 3 heterocycles. The molecular formula is C53H39N4OOsPS+. The topological polar surface area (TPSA) is 60.8 Å². The van der Waals surface area contributed by atoms with Crippen molar-refractivity contribution in [2.24, 2.45) is 0 Å². The first-order valence-corrected chi connectivity index (χ1v) is 23.8. The van der Waals surface area contributed by atoms with Crippen LogP contribution in [0.1, 0.15) is 25.0 Å². The van der Waals surface area contributed by atoms with Crippen LogP contribution in [0.2, 0.25) is 0 Å². The van der Waals surface area contributed by atoms with Crippen LogP contribution in [0.25, 0.3) is 50.7 Å². The van der Waals surface area contributed by atoms with Gasteiger partial charge in [-0.15, -0.1) is 0 Å². The Labute approximate surface area is 371 Å². The predicted octanol–water partition coefficient (Wildman–Crippen LogP) is 11.0. The third kappa shape index (κ3) is 7.60. The summed E-state index contributed by atoms with van der Waals surface area (Å²) in [6.07, 6.45) is 8.45. The molecule has 2 aromatic heterocycles. The molecule has 0 radical (unpaired) electrons. The molecule has 0 bridgehead atoms. The fourth-order valence-electron chi connectivity index (χ4n) is 7.99. The molecule has 61 heavy (non-hydrogen) atoms. The number of benzene rings is 6. The van der Waals surface area contributed by atoms with E-state index >= 15 is 0 Å². The Kier molecular flexibility index (Phi) is 12.0. The molecule has 295 valence electrons. The molecule has 0 unspecified atom stereocenters. The number of hydrogen-bond acceptors (Lipinski definition) is 6. The number of rotatable bonds is 8. The molecule has 9 rings (SSSR count). The molecule has 0 spiro atoms. The van der Waals surface area contributed by atoms with Crippen molar-refractivity contribution in [2.45, 2.75) is 13.8 Å². The maximum absolute atomic E-state index is 6.06. The minimum atomic E-state index is -2.61. The molecule has 5 nitrogen and oxygen atoms in total. The zero-order valence-corrected chi connectivity index (χ0v) is 37.8. The number of ether oxygens (including phenoxy) is 1. The van der Waals surface area contributed by atoms with Crippen LogP contribution in [-0.2, 0) is 22.7 Å². The summed E-state index contributed by atoms with van der Waals surface area (Å²) in [4.78, 5) is 11.0. The molecular weight excluding hydrogens is 962 g/mol. The van der Waals surface area contributed by atoms with Gasteiger partial charge in [0.05, 0.1) is 0 Å². The summed E-state index contributed by atoms with van der Waals surface area (Å²) in [5.41, 5.74) is 11.0. The summed E-state index contributed by atoms with van der Waals surface area (Å²) in [5, 5.41) is 4.69. The molecule has 1 aliphatic rings. The van der Waals surface area contributed by atoms with Gasteiger partial charge in [0.2, 0.25) is 0 Å². The van der Waals surface area contributed by atoms with E-state index in [-0.39, 0.29) is 0 Å². The minimum absolute atomic E-state index is 0.493. The number of allylic oxidation sites excluding steroid dienone is 5. The van der Waals surface area contributed by atoms with Crippen molar-refractivity contribution < 1.29 is 22.7 Å². The third-order valence-electron chi connectivity index (χ3n) is 10.8. The summed E-state index contributed by atoms with van der Waals surface area (Å²) in [6.45, 7) is 5.12. The van der Waals surface area contributed by atoms with Crippen molar-refractivity contribution in [1.29, 1.82) is 0 Å². The van der Waals surface area contributed by atoms with Crippen molar-refractivity contribution in [3.8, 4) is 38.7 Å². The van der Waals surface area contributed by atoms with Gasteiger partial charge >= 0.3 is 349 Å². The van der Waals surface area contributed by atoms with Gasteiger partial charge in [0.25, 0.3) is 0 Å². The summed E-state index contributed by atoms with van der Waals surface area (Å²) >= 11 is 2.93. The Balaban J connectivity index is 1.42. The third-order valence-corrected chi connectivity index (χ3v) is 16.7. The second-order valence-corrected chi connectivity index (χ2v) is 18.9. The quantitative estimate of drug-likeness (QED) is 0.112. The molecule has 1 aliphatic heterocycles. The van der Waals surface area contributed by atoms with E-state index < -0.39 is 7.26 Å². The van der Waals surface area contributed by atoms with Gasteiger partial charge in [0.15, 0.2) is 0 Å². The summed E-state index contributed by atoms with van der Waals surface area (Å²) in [5.74, 6) is 7.51. The van der Waals surface area contributed by atoms with E-state index in [2.05, 4.69) is 157 Å². The normalized spacial score (nSPS) is 14.7. The SMILES string of the molecule is CC=C1COCC1=CC(C#Cc1c2nsnc2c(/C=C/C)c2nc(-c3ccccc3)c(-c3ccccc3)nc12)=C([C]#[Os])[P+](c1ccccc1)(c1ccccc1)c1ccccc1. The second kappa shape index (κ2) is 18.2. The van der Waals surface area contributed by atoms with Crippen molar-refractivity contribution in [2.75, 3.05) is 13.2 Å². The fraction of sp³-hybridized carbons (Fsp3) is 0.0755. The first kappa shape index (κ1) is 40.2. The first-order chi connectivity index (χ1) is 30.1. The molecule has 0 amide bonds. The number of hydrogen-bond donors (Lipinski definition) is 0. The fourth-order valence-corrected chi connectivity index (χ4v) is 14.3. The first-order valence-electron chi connectivity index (χ1n) is 20.0. The average Bonchev–Trinajstić information content (AvgIpc) is 4.01. The molecule has 6 aromatic carbocycles. The van der Waals surface area contributed by atoms with Crippen molar-refractivity contribution in [3.63, 3.8) is 0 Å². The van der Waals surface area contributed by atoms with Gasteiger partial charge in [0, 0.05) is 0 Å². The molecule has 8 aromatic rings. The van der Waals surface area contributed by atoms with Crippen molar-refractivity contribution in [3.05, 3.63) is 203 Å². The maximum atomic E-state index is 6.06. The average molecular weight is 1000 g/mol. The van der Waals surface area contributed by atoms with Crippen LogP contribution in [0.4, 0.5) is 0 Å². The van der Waals surface area contributed by atoms with E-state index in [0.29, 0.717) is 29.8 Å². The molecule has 8 heteroatoms. The van der Waals surface area contributed by atoms with Crippen LogP contribution in [0.3, 0.4) is 0 Å². The van der Waals surface area contributed by atoms with Crippen molar-refractivity contribution >= 4 is 63.0 Å². The molecule has 0 N–H and O–H groups in total. The Morgan fingerprint density at radius 1 is 0.623 bits per heavy atom. The van der Waals surface area contributed by atoms with E-state index in [1.807, 2.05) is 49.4 Å². The second-order valence-electron chi connectivity index (χ2n) is 14.4. The number of nitrogens with zero attached hydrogens (tertiary/aromatic N) is 4. The van der Waals surface area contributed by atoms with Gasteiger partial charge in [-0.2, -0.15) is 0 Å². The summed E-state index contributed by atoms with van der Waals surface area (Å²) in [6, 6.07) is 53.1. The summed E-state index contributed by atoms with van der Waals surface area (Å²) in [7, 11) is -2.61. The van der Waals surface area contributed by atoms with Gasteiger partial charge in [-0.3, -0.25) is 0 Å². The van der Waals surface area contributed by atoms with E-state index in [1.54, 1.807) is 17.9 Å². The standard InChI is InChI=1S/C53H39N4OPS.Os/c1-4-21-46-50-51(55-49(40-24-13-7-14-25-40)48(54-50)39-22-11-6-12-23-39)47(53-52(46)56-60-57-53)33-32-41(34-42-36-58-35-38(42)5-2)37(3)59(43-26-15-8-16-27-43,44-28-17-9-18-29-44)45-30-19-10-20-31-45;/h4-31,34H,35-36H2,1-2H3;/q+1;/b21-4+,38-5?,41-37?,42-34?;. The molecule has 0 saturated carbocycles. The van der Waals surface area contributed by atoms with Crippen LogP contribution in [-0.4, -0.2) is 31.9 Å². The molecule has 1 fully saturated rings. The Bertz CT molecular complexity index is 3030. The molecule has 0 atom stereocenters. The zero-order valence-electron chi connectivity index (χ0n) is 33.6. The van der Waals surface area contributed by atoms with Crippen LogP contribution < -0.4 is 15.9 Å². The number of aromatic nitrogens is 4.